The molecule has 2 rings (SSSR count). The van der Waals surface area contributed by atoms with Crippen LogP contribution in [0.2, 0.25) is 10.0 Å². The first-order chi connectivity index (χ1) is 14.0. The first-order valence-corrected chi connectivity index (χ1v) is 10.5. The Balaban J connectivity index is 2.13. The summed E-state index contributed by atoms with van der Waals surface area (Å²) in [6.07, 6.45) is 0. The molecule has 162 valence electrons. The van der Waals surface area contributed by atoms with Gasteiger partial charge in [-0.2, -0.15) is 0 Å². The van der Waals surface area contributed by atoms with Crippen molar-refractivity contribution in [3.05, 3.63) is 63.6 Å². The van der Waals surface area contributed by atoms with Crippen molar-refractivity contribution in [1.29, 1.82) is 0 Å². The Hall–Kier alpha value is -2.24. The number of hydrogen-bond acceptors (Lipinski definition) is 3. The number of halogens is 2. The van der Waals surface area contributed by atoms with Crippen molar-refractivity contribution < 1.29 is 14.3 Å². The minimum atomic E-state index is -0.677. The monoisotopic (exact) mass is 450 g/mol. The summed E-state index contributed by atoms with van der Waals surface area (Å²) < 4.78 is 5.69. The molecule has 0 spiro atoms. The minimum Gasteiger partial charge on any atom is -0.484 e. The van der Waals surface area contributed by atoms with Crippen molar-refractivity contribution >= 4 is 35.0 Å². The number of ether oxygens (including phenoxy) is 1. The van der Waals surface area contributed by atoms with E-state index in [9.17, 15) is 9.59 Å². The molecule has 0 aromatic heterocycles. The molecule has 0 unspecified atom stereocenters. The van der Waals surface area contributed by atoms with E-state index in [1.807, 2.05) is 24.3 Å². The van der Waals surface area contributed by atoms with Crippen LogP contribution in [0.15, 0.2) is 42.5 Å². The number of hydrogen-bond donors (Lipinski definition) is 1. The van der Waals surface area contributed by atoms with E-state index in [1.165, 1.54) is 17.5 Å². The summed E-state index contributed by atoms with van der Waals surface area (Å²) in [4.78, 5) is 26.6. The summed E-state index contributed by atoms with van der Waals surface area (Å²) in [5, 5.41) is 3.40. The maximum absolute atomic E-state index is 12.9. The van der Waals surface area contributed by atoms with Crippen LogP contribution in [0.4, 0.5) is 0 Å². The van der Waals surface area contributed by atoms with Gasteiger partial charge in [0.25, 0.3) is 5.91 Å². The fraction of sp³-hybridized carbons (Fsp3) is 0.391. The van der Waals surface area contributed by atoms with E-state index >= 15 is 0 Å². The molecule has 2 amide bonds. The number of benzene rings is 2. The summed E-state index contributed by atoms with van der Waals surface area (Å²) in [6, 6.07) is 12.1. The maximum Gasteiger partial charge on any atom is 0.261 e. The first-order valence-electron chi connectivity index (χ1n) is 9.71. The fourth-order valence-electron chi connectivity index (χ4n) is 2.91. The zero-order chi connectivity index (χ0) is 22.5. The van der Waals surface area contributed by atoms with Gasteiger partial charge in [-0.25, -0.2) is 0 Å². The molecule has 1 N–H and O–H groups in total. The molecule has 0 saturated carbocycles. The van der Waals surface area contributed by atoms with E-state index in [0.29, 0.717) is 15.8 Å². The Kier molecular flexibility index (Phi) is 8.16. The summed E-state index contributed by atoms with van der Waals surface area (Å²) in [5.41, 5.74) is 1.98. The molecule has 2 aromatic rings. The quantitative estimate of drug-likeness (QED) is 0.656. The van der Waals surface area contributed by atoms with Crippen molar-refractivity contribution in [2.24, 2.45) is 0 Å². The molecule has 0 fully saturated rings. The number of rotatable bonds is 7. The maximum atomic E-state index is 12.9. The van der Waals surface area contributed by atoms with Gasteiger partial charge in [-0.3, -0.25) is 9.59 Å². The topological polar surface area (TPSA) is 58.6 Å². The van der Waals surface area contributed by atoms with E-state index in [4.69, 9.17) is 27.9 Å². The lowest BCUT2D eigenvalue weighted by atomic mass is 9.87. The second-order valence-electron chi connectivity index (χ2n) is 8.12. The molecule has 7 heteroatoms. The van der Waals surface area contributed by atoms with Crippen LogP contribution in [-0.2, 0) is 21.5 Å². The summed E-state index contributed by atoms with van der Waals surface area (Å²) >= 11 is 12.1. The van der Waals surface area contributed by atoms with Gasteiger partial charge in [-0.1, -0.05) is 62.2 Å². The van der Waals surface area contributed by atoms with Crippen LogP contribution in [0.1, 0.15) is 38.8 Å². The highest BCUT2D eigenvalue weighted by Gasteiger charge is 2.26. The molecule has 1 atom stereocenters. The van der Waals surface area contributed by atoms with E-state index in [1.54, 1.807) is 25.1 Å². The molecule has 0 heterocycles. The van der Waals surface area contributed by atoms with E-state index in [-0.39, 0.29) is 30.4 Å². The van der Waals surface area contributed by atoms with Crippen molar-refractivity contribution in [3.8, 4) is 5.75 Å². The molecule has 5 nitrogen and oxygen atoms in total. The summed E-state index contributed by atoms with van der Waals surface area (Å²) in [7, 11) is 1.54. The first kappa shape index (κ1) is 24.0. The normalized spacial score (nSPS) is 12.2. The van der Waals surface area contributed by atoms with Gasteiger partial charge < -0.3 is 15.0 Å². The van der Waals surface area contributed by atoms with Crippen LogP contribution in [0.25, 0.3) is 0 Å². The lowest BCUT2D eigenvalue weighted by Gasteiger charge is -2.28. The van der Waals surface area contributed by atoms with Gasteiger partial charge in [0.1, 0.15) is 11.8 Å². The Morgan fingerprint density at radius 2 is 1.70 bits per heavy atom. The molecule has 0 aliphatic heterocycles. The van der Waals surface area contributed by atoms with Crippen molar-refractivity contribution in [1.82, 2.24) is 10.2 Å². The van der Waals surface area contributed by atoms with Gasteiger partial charge in [0, 0.05) is 13.6 Å². The van der Waals surface area contributed by atoms with Crippen LogP contribution in [0, 0.1) is 0 Å². The van der Waals surface area contributed by atoms with Crippen LogP contribution in [0.5, 0.6) is 5.75 Å². The highest BCUT2D eigenvalue weighted by molar-refractivity contribution is 6.42. The molecule has 0 bridgehead atoms. The average molecular weight is 451 g/mol. The van der Waals surface area contributed by atoms with Crippen molar-refractivity contribution in [2.75, 3.05) is 13.7 Å². The lowest BCUT2D eigenvalue weighted by molar-refractivity contribution is -0.142. The Bertz CT molecular complexity index is 892. The molecule has 0 aliphatic rings. The summed E-state index contributed by atoms with van der Waals surface area (Å²) in [5.74, 6) is 0.0217. The van der Waals surface area contributed by atoms with Gasteiger partial charge in [0.15, 0.2) is 6.61 Å². The van der Waals surface area contributed by atoms with Gasteiger partial charge >= 0.3 is 0 Å². The minimum absolute atomic E-state index is 0.0357. The van der Waals surface area contributed by atoms with Gasteiger partial charge in [0.05, 0.1) is 10.0 Å². The third-order valence-electron chi connectivity index (χ3n) is 4.83. The van der Waals surface area contributed by atoms with Crippen LogP contribution in [0.3, 0.4) is 0 Å². The predicted molar refractivity (Wildman–Crippen MR) is 121 cm³/mol. The SMILES string of the molecule is CNC(=O)[C@H](C)N(Cc1ccc(Cl)c(Cl)c1)C(=O)COc1ccc(C(C)(C)C)cc1. The standard InChI is InChI=1S/C23H28Cl2N2O3/c1-15(22(29)26-5)27(13-16-6-11-19(24)20(25)12-16)21(28)14-30-18-9-7-17(8-10-18)23(2,3)4/h6-12,15H,13-14H2,1-5H3,(H,26,29)/t15-/m0/s1. The zero-order valence-electron chi connectivity index (χ0n) is 18.0. The largest absolute Gasteiger partial charge is 0.484 e. The number of amides is 2. The second-order valence-corrected chi connectivity index (χ2v) is 8.94. The Morgan fingerprint density at radius 1 is 1.07 bits per heavy atom. The number of likely N-dealkylation sites (N-methyl/N-ethyl adjacent to an activating group) is 1. The van der Waals surface area contributed by atoms with E-state index < -0.39 is 6.04 Å². The third-order valence-corrected chi connectivity index (χ3v) is 5.57. The van der Waals surface area contributed by atoms with Crippen molar-refractivity contribution in [3.63, 3.8) is 0 Å². The molecule has 0 aliphatic carbocycles. The highest BCUT2D eigenvalue weighted by Crippen LogP contribution is 2.25. The molecular formula is C23H28Cl2N2O3. The molecule has 2 aromatic carbocycles. The molecule has 0 radical (unpaired) electrons. The molecule has 0 saturated heterocycles. The van der Waals surface area contributed by atoms with E-state index in [0.717, 1.165) is 5.56 Å². The fourth-order valence-corrected chi connectivity index (χ4v) is 3.23. The van der Waals surface area contributed by atoms with Crippen LogP contribution in [-0.4, -0.2) is 36.4 Å². The van der Waals surface area contributed by atoms with Crippen LogP contribution < -0.4 is 10.1 Å². The third kappa shape index (κ3) is 6.38. The number of carbonyl (C=O) groups excluding carboxylic acids is 2. The Morgan fingerprint density at radius 3 is 2.23 bits per heavy atom. The van der Waals surface area contributed by atoms with Gasteiger partial charge in [-0.15, -0.1) is 0 Å². The smallest absolute Gasteiger partial charge is 0.261 e. The molecular weight excluding hydrogens is 423 g/mol. The molecule has 30 heavy (non-hydrogen) atoms. The van der Waals surface area contributed by atoms with Gasteiger partial charge in [-0.05, 0) is 47.7 Å². The zero-order valence-corrected chi connectivity index (χ0v) is 19.5. The number of carbonyl (C=O) groups is 2. The number of nitrogens with one attached hydrogen (secondary N) is 1. The Labute approximate surface area is 188 Å². The summed E-state index contributed by atoms with van der Waals surface area (Å²) in [6.45, 7) is 8.09. The van der Waals surface area contributed by atoms with Crippen LogP contribution >= 0.6 is 23.2 Å². The highest BCUT2D eigenvalue weighted by atomic mass is 35.5. The van der Waals surface area contributed by atoms with E-state index in [2.05, 4.69) is 26.1 Å². The van der Waals surface area contributed by atoms with Gasteiger partial charge in [0.2, 0.25) is 5.91 Å². The van der Waals surface area contributed by atoms with Crippen molar-refractivity contribution in [2.45, 2.75) is 45.7 Å². The number of nitrogens with zero attached hydrogens (tertiary/aromatic N) is 1. The second kappa shape index (κ2) is 10.2. The lowest BCUT2D eigenvalue weighted by Crippen LogP contribution is -2.48. The predicted octanol–water partition coefficient (Wildman–Crippen LogP) is 4.83. The average Bonchev–Trinajstić information content (AvgIpc) is 2.71.